The summed E-state index contributed by atoms with van der Waals surface area (Å²) in [5.74, 6) is -0.351. The van der Waals surface area contributed by atoms with Crippen LogP contribution in [0.15, 0.2) is 101 Å². The van der Waals surface area contributed by atoms with E-state index in [9.17, 15) is 9.18 Å². The first-order valence-electron chi connectivity index (χ1n) is 11.0. The molecule has 0 radical (unpaired) electrons. The summed E-state index contributed by atoms with van der Waals surface area (Å²) in [6, 6.07) is 0. The number of carbonyl (C=O) groups excluding carboxylic acids is 1. The lowest BCUT2D eigenvalue weighted by molar-refractivity contribution is -0.122. The fourth-order valence-electron chi connectivity index (χ4n) is 3.04. The highest BCUT2D eigenvalue weighted by atomic mass is 19.1. The van der Waals surface area contributed by atoms with Crippen molar-refractivity contribution < 1.29 is 9.18 Å². The topological polar surface area (TPSA) is 32.3 Å². The fraction of sp³-hybridized carbons (Fsp3) is 0.357. The summed E-state index contributed by atoms with van der Waals surface area (Å²) in [5, 5.41) is 3.04. The van der Waals surface area contributed by atoms with Gasteiger partial charge in [0.25, 0.3) is 0 Å². The van der Waals surface area contributed by atoms with Crippen LogP contribution in [0.5, 0.6) is 0 Å². The molecule has 3 nitrogen and oxygen atoms in total. The van der Waals surface area contributed by atoms with Crippen molar-refractivity contribution in [1.29, 1.82) is 0 Å². The second-order valence-electron chi connectivity index (χ2n) is 8.67. The van der Waals surface area contributed by atoms with Gasteiger partial charge in [-0.3, -0.25) is 4.79 Å². The van der Waals surface area contributed by atoms with Crippen molar-refractivity contribution in [3.63, 3.8) is 0 Å². The van der Waals surface area contributed by atoms with E-state index in [0.29, 0.717) is 17.2 Å². The zero-order valence-electron chi connectivity index (χ0n) is 20.2. The Morgan fingerprint density at radius 2 is 1.94 bits per heavy atom. The van der Waals surface area contributed by atoms with Crippen molar-refractivity contribution in [2.24, 2.45) is 11.8 Å². The average Bonchev–Trinajstić information content (AvgIpc) is 3.56. The molecule has 0 aromatic carbocycles. The van der Waals surface area contributed by atoms with Gasteiger partial charge in [0.05, 0.1) is 11.6 Å². The number of carbonyl (C=O) groups is 1. The molecule has 1 amide bonds. The van der Waals surface area contributed by atoms with Crippen LogP contribution in [0, 0.1) is 11.8 Å². The fourth-order valence-corrected chi connectivity index (χ4v) is 3.04. The van der Waals surface area contributed by atoms with Crippen molar-refractivity contribution >= 4 is 5.91 Å². The van der Waals surface area contributed by atoms with E-state index in [1.807, 2.05) is 46.8 Å². The Morgan fingerprint density at radius 3 is 2.50 bits per heavy atom. The van der Waals surface area contributed by atoms with Crippen LogP contribution in [0.2, 0.25) is 0 Å². The summed E-state index contributed by atoms with van der Waals surface area (Å²) in [6.45, 7) is 19.3. The van der Waals surface area contributed by atoms with Crippen molar-refractivity contribution in [3.05, 3.63) is 101 Å². The van der Waals surface area contributed by atoms with Gasteiger partial charge in [-0.2, -0.15) is 0 Å². The first-order chi connectivity index (χ1) is 15.0. The maximum Gasteiger partial charge on any atom is 0.231 e. The van der Waals surface area contributed by atoms with E-state index in [0.717, 1.165) is 40.8 Å². The minimum Gasteiger partial charge on any atom is -0.326 e. The lowest BCUT2D eigenvalue weighted by Gasteiger charge is -2.23. The highest BCUT2D eigenvalue weighted by Crippen LogP contribution is 2.36. The molecule has 1 N–H and O–H groups in total. The molecular formula is C28H35FN2O. The Balaban J connectivity index is 2.24. The molecule has 1 saturated carbocycles. The van der Waals surface area contributed by atoms with Gasteiger partial charge < -0.3 is 10.2 Å². The summed E-state index contributed by atoms with van der Waals surface area (Å²) in [5.41, 5.74) is 8.87. The number of nitrogens with one attached hydrogen (secondary N) is 1. The van der Waals surface area contributed by atoms with E-state index in [2.05, 4.69) is 24.2 Å². The minimum absolute atomic E-state index is 0.135. The normalized spacial score (nSPS) is 18.4. The van der Waals surface area contributed by atoms with Crippen LogP contribution in [0.4, 0.5) is 4.39 Å². The summed E-state index contributed by atoms with van der Waals surface area (Å²) in [7, 11) is 0. The molecule has 32 heavy (non-hydrogen) atoms. The van der Waals surface area contributed by atoms with E-state index in [-0.39, 0.29) is 11.7 Å². The Morgan fingerprint density at radius 1 is 1.28 bits per heavy atom. The molecule has 0 bridgehead atoms. The van der Waals surface area contributed by atoms with Gasteiger partial charge >= 0.3 is 0 Å². The van der Waals surface area contributed by atoms with Crippen molar-refractivity contribution in [2.75, 3.05) is 0 Å². The molecule has 2 rings (SSSR count). The number of hydrogen-bond acceptors (Lipinski definition) is 2. The molecule has 0 spiro atoms. The maximum absolute atomic E-state index is 14.2. The SMILES string of the molecule is C=C(C)/C(C)=C\C(=C/C(=C)C1CC1)NC(=O)[C@H](C)/C(C)=C/N1C=C(F)C(C)=CC1=C=CC. The van der Waals surface area contributed by atoms with Gasteiger partial charge in [-0.15, -0.1) is 0 Å². The number of allylic oxidation sites excluding steroid dienone is 8. The van der Waals surface area contributed by atoms with Crippen molar-refractivity contribution in [1.82, 2.24) is 10.2 Å². The van der Waals surface area contributed by atoms with Crippen LogP contribution in [0.1, 0.15) is 54.4 Å². The van der Waals surface area contributed by atoms with Crippen LogP contribution < -0.4 is 5.32 Å². The molecule has 0 unspecified atom stereocenters. The molecule has 1 fully saturated rings. The summed E-state index contributed by atoms with van der Waals surface area (Å²) < 4.78 is 14.2. The van der Waals surface area contributed by atoms with Crippen molar-refractivity contribution in [2.45, 2.75) is 54.4 Å². The summed E-state index contributed by atoms with van der Waals surface area (Å²) in [6.07, 6.45) is 12.9. The minimum atomic E-state index is -0.415. The Labute approximate surface area is 192 Å². The van der Waals surface area contributed by atoms with Gasteiger partial charge in [-0.1, -0.05) is 30.0 Å². The molecule has 1 heterocycles. The number of halogens is 1. The quantitative estimate of drug-likeness (QED) is 0.325. The lowest BCUT2D eigenvalue weighted by atomic mass is 10.0. The third kappa shape index (κ3) is 6.96. The van der Waals surface area contributed by atoms with Crippen LogP contribution in [-0.2, 0) is 4.79 Å². The first-order valence-corrected chi connectivity index (χ1v) is 11.0. The van der Waals surface area contributed by atoms with Crippen LogP contribution in [0.3, 0.4) is 0 Å². The van der Waals surface area contributed by atoms with E-state index >= 15 is 0 Å². The van der Waals surface area contributed by atoms with E-state index in [4.69, 9.17) is 0 Å². The van der Waals surface area contributed by atoms with Gasteiger partial charge in [-0.25, -0.2) is 4.39 Å². The Kier molecular flexibility index (Phi) is 8.63. The predicted octanol–water partition coefficient (Wildman–Crippen LogP) is 7.15. The third-order valence-corrected chi connectivity index (χ3v) is 5.73. The Hall–Kier alpha value is -3.10. The van der Waals surface area contributed by atoms with Gasteiger partial charge in [0, 0.05) is 18.1 Å². The molecule has 4 heteroatoms. The summed E-state index contributed by atoms with van der Waals surface area (Å²) in [4.78, 5) is 14.7. The third-order valence-electron chi connectivity index (χ3n) is 5.73. The number of hydrogen-bond donors (Lipinski definition) is 1. The number of nitrogens with zero attached hydrogens (tertiary/aromatic N) is 1. The molecular weight excluding hydrogens is 399 g/mol. The molecule has 170 valence electrons. The zero-order valence-corrected chi connectivity index (χ0v) is 20.2. The smallest absolute Gasteiger partial charge is 0.231 e. The van der Waals surface area contributed by atoms with E-state index < -0.39 is 5.92 Å². The summed E-state index contributed by atoms with van der Waals surface area (Å²) >= 11 is 0. The first kappa shape index (κ1) is 25.2. The van der Waals surface area contributed by atoms with E-state index in [1.54, 1.807) is 30.2 Å². The van der Waals surface area contributed by atoms with Crippen LogP contribution >= 0.6 is 0 Å². The largest absolute Gasteiger partial charge is 0.326 e. The number of rotatable bonds is 8. The van der Waals surface area contributed by atoms with Crippen LogP contribution in [-0.4, -0.2) is 10.8 Å². The van der Waals surface area contributed by atoms with Crippen molar-refractivity contribution in [3.8, 4) is 0 Å². The Bertz CT molecular complexity index is 1020. The maximum atomic E-state index is 14.2. The molecule has 0 aromatic heterocycles. The molecule has 0 saturated heterocycles. The molecule has 2 aliphatic rings. The molecule has 0 aromatic rings. The second-order valence-corrected chi connectivity index (χ2v) is 8.67. The molecule has 1 atom stereocenters. The lowest BCUT2D eigenvalue weighted by Crippen LogP contribution is -2.29. The highest BCUT2D eigenvalue weighted by Gasteiger charge is 2.24. The average molecular weight is 435 g/mol. The van der Waals surface area contributed by atoms with Gasteiger partial charge in [0.15, 0.2) is 0 Å². The predicted molar refractivity (Wildman–Crippen MR) is 132 cm³/mol. The zero-order chi connectivity index (χ0) is 24.0. The van der Waals surface area contributed by atoms with Crippen LogP contribution in [0.25, 0.3) is 0 Å². The van der Waals surface area contributed by atoms with E-state index in [1.165, 1.54) is 6.20 Å². The monoisotopic (exact) mass is 434 g/mol. The second kappa shape index (κ2) is 11.0. The standard InChI is InChI=1S/C28H35FN2O/c1-9-10-26-15-21(6)27(29)17-31(26)16-22(7)23(8)28(32)30-25(13-19(4)18(2)3)14-20(5)24-11-12-24/h9,13-17,23-24H,2,5,11-12H2,1,3-4,6-8H3,(H,30,32)/b19-13-,22-16+,25-14+/t10?,23-/m1/s1. The highest BCUT2D eigenvalue weighted by molar-refractivity contribution is 5.83. The number of amides is 1. The molecule has 1 aliphatic carbocycles. The van der Waals surface area contributed by atoms with Gasteiger partial charge in [0.2, 0.25) is 5.91 Å². The van der Waals surface area contributed by atoms with Gasteiger partial charge in [0.1, 0.15) is 5.83 Å². The molecule has 1 aliphatic heterocycles. The van der Waals surface area contributed by atoms with Gasteiger partial charge in [-0.05, 0) is 101 Å².